The molecule has 0 spiro atoms. The summed E-state index contributed by atoms with van der Waals surface area (Å²) in [5.41, 5.74) is 15.6. The Kier molecular flexibility index (Phi) is 14.1. The van der Waals surface area contributed by atoms with Gasteiger partial charge >= 0.3 is 151 Å². The van der Waals surface area contributed by atoms with E-state index in [0.29, 0.717) is 0 Å². The van der Waals surface area contributed by atoms with Crippen molar-refractivity contribution >= 4 is 3.21 Å². The predicted molar refractivity (Wildman–Crippen MR) is 183 cm³/mol. The molecule has 0 aliphatic heterocycles. The van der Waals surface area contributed by atoms with Crippen LogP contribution in [0.3, 0.4) is 0 Å². The summed E-state index contributed by atoms with van der Waals surface area (Å²) in [4.78, 5) is 0. The molecule has 0 heterocycles. The van der Waals surface area contributed by atoms with Crippen molar-refractivity contribution in [2.45, 2.75) is 79.6 Å². The summed E-state index contributed by atoms with van der Waals surface area (Å²) in [5, 5.41) is 0. The molecule has 0 amide bonds. The van der Waals surface area contributed by atoms with Crippen LogP contribution in [0.25, 0.3) is 11.1 Å². The Hall–Kier alpha value is -2.44. The van der Waals surface area contributed by atoms with Gasteiger partial charge in [0.1, 0.15) is 0 Å². The average molecular weight is 713 g/mol. The molecule has 0 unspecified atom stereocenters. The van der Waals surface area contributed by atoms with E-state index in [1.807, 2.05) is 6.07 Å². The Morgan fingerprint density at radius 2 is 1.16 bits per heavy atom. The molecule has 45 heavy (non-hydrogen) atoms. The summed E-state index contributed by atoms with van der Waals surface area (Å²) in [6, 6.07) is 40.6. The molecule has 0 saturated heterocycles. The third-order valence-electron chi connectivity index (χ3n) is 8.21. The molecular weight excluding hydrogens is 667 g/mol. The second kappa shape index (κ2) is 16.4. The van der Waals surface area contributed by atoms with Crippen molar-refractivity contribution in [2.24, 2.45) is 0 Å². The zero-order chi connectivity index (χ0) is 31.4. The molecule has 3 heteroatoms. The minimum absolute atomic E-state index is 0. The van der Waals surface area contributed by atoms with Gasteiger partial charge < -0.3 is 24.8 Å². The fourth-order valence-corrected chi connectivity index (χ4v) is 6.21. The van der Waals surface area contributed by atoms with E-state index in [1.165, 1.54) is 88.6 Å². The molecule has 5 aromatic rings. The maximum absolute atomic E-state index is 3.30. The van der Waals surface area contributed by atoms with E-state index in [1.54, 1.807) is 0 Å². The van der Waals surface area contributed by atoms with Gasteiger partial charge in [-0.3, -0.25) is 0 Å². The van der Waals surface area contributed by atoms with Gasteiger partial charge in [0.15, 0.2) is 0 Å². The van der Waals surface area contributed by atoms with Crippen LogP contribution in [-0.2, 0) is 41.5 Å². The fourth-order valence-electron chi connectivity index (χ4n) is 5.39. The molecular formula is C42H46Cl2Zr-2. The molecule has 6 rings (SSSR count). The first-order chi connectivity index (χ1) is 20.2. The van der Waals surface area contributed by atoms with Crippen LogP contribution in [0, 0.1) is 26.8 Å². The first kappa shape index (κ1) is 38.7. The predicted octanol–water partition coefficient (Wildman–Crippen LogP) is 4.79. The third kappa shape index (κ3) is 10.3. The molecule has 0 bridgehead atoms. The molecule has 0 nitrogen and oxygen atoms in total. The maximum Gasteiger partial charge on any atom is -0.0253 e. The van der Waals surface area contributed by atoms with Gasteiger partial charge in [-0.25, -0.2) is 6.07 Å². The molecule has 1 aliphatic rings. The van der Waals surface area contributed by atoms with E-state index < -0.39 is 0 Å². The zero-order valence-electron chi connectivity index (χ0n) is 28.3. The van der Waals surface area contributed by atoms with Gasteiger partial charge in [-0.05, 0) is 6.42 Å². The Balaban J connectivity index is 0.000000258. The molecule has 0 radical (unpaired) electrons. The number of aryl methyl sites for hydroxylation is 3. The van der Waals surface area contributed by atoms with Crippen molar-refractivity contribution in [3.8, 4) is 11.1 Å². The molecule has 234 valence electrons. The van der Waals surface area contributed by atoms with E-state index in [0.717, 1.165) is 6.42 Å². The van der Waals surface area contributed by atoms with Crippen LogP contribution in [0.2, 0.25) is 0 Å². The SMILES string of the molecule is CC(C)(C)c1ccc([C](=[Zr+2])c2ccc(C(C)(C)C)cc2)cc1.Cc1cc(C)c(C)[cH-]1.[Cl-].[Cl-].[c-]1cccc2c1Cc1ccccc1-2. The van der Waals surface area contributed by atoms with Crippen molar-refractivity contribution < 1.29 is 49.0 Å². The number of hydrogen-bond donors (Lipinski definition) is 0. The maximum atomic E-state index is 3.30. The molecule has 0 saturated carbocycles. The van der Waals surface area contributed by atoms with Gasteiger partial charge in [0, 0.05) is 0 Å². The number of fused-ring (bicyclic) bond motifs is 3. The third-order valence-corrected chi connectivity index (χ3v) is 9.63. The molecule has 0 aromatic heterocycles. The quantitative estimate of drug-likeness (QED) is 0.227. The Labute approximate surface area is 300 Å². The number of hydrogen-bond acceptors (Lipinski definition) is 0. The minimum atomic E-state index is 0. The second-order valence-corrected chi connectivity index (χ2v) is 15.1. The van der Waals surface area contributed by atoms with Crippen molar-refractivity contribution in [2.75, 3.05) is 0 Å². The average Bonchev–Trinajstić information content (AvgIpc) is 3.49. The van der Waals surface area contributed by atoms with Crippen molar-refractivity contribution in [1.82, 2.24) is 0 Å². The zero-order valence-corrected chi connectivity index (χ0v) is 32.2. The van der Waals surface area contributed by atoms with Crippen molar-refractivity contribution in [3.05, 3.63) is 159 Å². The van der Waals surface area contributed by atoms with Gasteiger partial charge in [0.05, 0.1) is 0 Å². The van der Waals surface area contributed by atoms with E-state index in [2.05, 4.69) is 165 Å². The van der Waals surface area contributed by atoms with Gasteiger partial charge in [-0.1, -0.05) is 56.2 Å². The Morgan fingerprint density at radius 1 is 0.667 bits per heavy atom. The van der Waals surface area contributed by atoms with Gasteiger partial charge in [0.25, 0.3) is 0 Å². The van der Waals surface area contributed by atoms with Crippen LogP contribution in [0.15, 0.2) is 103 Å². The first-order valence-electron chi connectivity index (χ1n) is 15.3. The number of benzene rings is 4. The van der Waals surface area contributed by atoms with E-state index >= 15 is 0 Å². The van der Waals surface area contributed by atoms with Gasteiger partial charge in [-0.2, -0.15) is 52.6 Å². The van der Waals surface area contributed by atoms with Crippen LogP contribution < -0.4 is 24.8 Å². The first-order valence-corrected chi connectivity index (χ1v) is 16.6. The van der Waals surface area contributed by atoms with Crippen LogP contribution in [-0.4, -0.2) is 3.21 Å². The minimum Gasteiger partial charge on any atom is -1.00 e. The van der Waals surface area contributed by atoms with Gasteiger partial charge in [0.2, 0.25) is 0 Å². The summed E-state index contributed by atoms with van der Waals surface area (Å²) in [7, 11) is 0. The summed E-state index contributed by atoms with van der Waals surface area (Å²) < 4.78 is 1.42. The van der Waals surface area contributed by atoms with Crippen molar-refractivity contribution in [1.29, 1.82) is 0 Å². The molecule has 0 N–H and O–H groups in total. The number of halogens is 2. The van der Waals surface area contributed by atoms with E-state index in [4.69, 9.17) is 0 Å². The summed E-state index contributed by atoms with van der Waals surface area (Å²) >= 11 is 1.46. The molecule has 0 atom stereocenters. The largest absolute Gasteiger partial charge is 1.00 e. The normalized spacial score (nSPS) is 11.4. The Bertz CT molecular complexity index is 1550. The van der Waals surface area contributed by atoms with E-state index in [9.17, 15) is 0 Å². The molecule has 5 aromatic carbocycles. The molecule has 0 fully saturated rings. The summed E-state index contributed by atoms with van der Waals surface area (Å²) in [6.07, 6.45) is 1.05. The Morgan fingerprint density at radius 3 is 1.58 bits per heavy atom. The van der Waals surface area contributed by atoms with Crippen LogP contribution in [0.5, 0.6) is 0 Å². The monoisotopic (exact) mass is 710 g/mol. The second-order valence-electron chi connectivity index (χ2n) is 13.8. The topological polar surface area (TPSA) is 0 Å². The van der Waals surface area contributed by atoms with Crippen molar-refractivity contribution in [3.63, 3.8) is 0 Å². The number of rotatable bonds is 2. The molecule has 1 aliphatic carbocycles. The van der Waals surface area contributed by atoms with E-state index in [-0.39, 0.29) is 35.6 Å². The smallest absolute Gasteiger partial charge is 0.0253 e. The summed E-state index contributed by atoms with van der Waals surface area (Å²) in [6.45, 7) is 20.0. The fraction of sp³-hybridized carbons (Fsp3) is 0.286. The van der Waals surface area contributed by atoms with Crippen LogP contribution >= 0.6 is 0 Å². The van der Waals surface area contributed by atoms with Gasteiger partial charge in [-0.15, -0.1) is 5.56 Å². The van der Waals surface area contributed by atoms with Crippen LogP contribution in [0.4, 0.5) is 0 Å². The summed E-state index contributed by atoms with van der Waals surface area (Å²) in [5.74, 6) is 0. The standard InChI is InChI=1S/C21H26.C13H9.C8H11.2ClH.Zr/c1-20(2,3)18-11-7-16(8-12-18)15-17-9-13-19(14-10-17)21(4,5)6;1-3-7-12-10(5-1)9-11-6-2-4-8-13(11)12;1-6-4-7(2)8(3)5-6;;;/h7-14H,1-6H3;1-5,7-8H,9H2;4-5H,1-3H3;2*1H;/q;2*-1;;;+2/p-2. The van der Waals surface area contributed by atoms with Crippen LogP contribution in [0.1, 0.15) is 91.6 Å².